The molecule has 30 heavy (non-hydrogen) atoms. The molecular formula is C22H23ClN4OS2. The molecule has 2 amide bonds. The molecule has 4 rings (SSSR count). The number of carbonyl (C=O) groups excluding carboxylic acids is 1. The molecule has 1 aromatic heterocycles. The minimum Gasteiger partial charge on any atom is -0.371 e. The van der Waals surface area contributed by atoms with Crippen LogP contribution in [-0.4, -0.2) is 40.7 Å². The van der Waals surface area contributed by atoms with Gasteiger partial charge in [0, 0.05) is 47.0 Å². The van der Waals surface area contributed by atoms with Gasteiger partial charge in [-0.1, -0.05) is 42.6 Å². The first kappa shape index (κ1) is 21.2. The van der Waals surface area contributed by atoms with Crippen molar-refractivity contribution < 1.29 is 4.79 Å². The van der Waals surface area contributed by atoms with Gasteiger partial charge >= 0.3 is 6.03 Å². The first-order valence-electron chi connectivity index (χ1n) is 9.78. The fourth-order valence-electron chi connectivity index (χ4n) is 3.80. The van der Waals surface area contributed by atoms with Crippen molar-refractivity contribution in [2.45, 2.75) is 23.8 Å². The lowest BCUT2D eigenvalue weighted by Gasteiger charge is -2.37. The van der Waals surface area contributed by atoms with E-state index in [1.807, 2.05) is 48.7 Å². The van der Waals surface area contributed by atoms with Gasteiger partial charge in [-0.2, -0.15) is 0 Å². The van der Waals surface area contributed by atoms with Gasteiger partial charge in [-0.05, 0) is 49.4 Å². The van der Waals surface area contributed by atoms with Gasteiger partial charge in [-0.25, -0.2) is 4.79 Å². The van der Waals surface area contributed by atoms with Crippen molar-refractivity contribution in [1.29, 1.82) is 0 Å². The number of carbonyl (C=O) groups is 1. The van der Waals surface area contributed by atoms with Gasteiger partial charge in [0.2, 0.25) is 0 Å². The number of anilines is 2. The third-order valence-electron chi connectivity index (χ3n) is 5.38. The number of benzene rings is 2. The van der Waals surface area contributed by atoms with E-state index in [0.29, 0.717) is 5.02 Å². The molecule has 0 unspecified atom stereocenters. The molecule has 1 N–H and O–H groups in total. The first-order valence-corrected chi connectivity index (χ1v) is 11.8. The molecule has 3 aromatic rings. The Balaban J connectivity index is 1.41. The van der Waals surface area contributed by atoms with Crippen LogP contribution in [0.25, 0.3) is 10.9 Å². The summed E-state index contributed by atoms with van der Waals surface area (Å²) in [6.45, 7) is 1.67. The number of nitrogens with one attached hydrogen (secondary N) is 1. The second kappa shape index (κ2) is 9.37. The molecule has 2 aromatic carbocycles. The number of para-hydroxylation sites is 1. The third-order valence-corrected chi connectivity index (χ3v) is 6.92. The highest BCUT2D eigenvalue weighted by atomic mass is 35.5. The number of thiol groups is 1. The number of aromatic nitrogens is 1. The first-order chi connectivity index (χ1) is 14.6. The van der Waals surface area contributed by atoms with Crippen LogP contribution < -0.4 is 10.2 Å². The SMILES string of the molecule is CSc1cccc(NC(=O)N(S)C2CCN(c3ccnc4c(Cl)cccc34)CC2)c1. The molecule has 2 heterocycles. The van der Waals surface area contributed by atoms with Crippen molar-refractivity contribution in [2.24, 2.45) is 0 Å². The summed E-state index contributed by atoms with van der Waals surface area (Å²) in [7, 11) is 0. The van der Waals surface area contributed by atoms with E-state index in [-0.39, 0.29) is 12.1 Å². The van der Waals surface area contributed by atoms with Crippen molar-refractivity contribution in [3.8, 4) is 0 Å². The summed E-state index contributed by atoms with van der Waals surface area (Å²) >= 11 is 12.5. The molecule has 0 saturated carbocycles. The summed E-state index contributed by atoms with van der Waals surface area (Å²) in [5.41, 5.74) is 2.73. The number of thioether (sulfide) groups is 1. The second-order valence-electron chi connectivity index (χ2n) is 7.19. The summed E-state index contributed by atoms with van der Waals surface area (Å²) < 4.78 is 1.53. The van der Waals surface area contributed by atoms with E-state index in [9.17, 15) is 4.79 Å². The van der Waals surface area contributed by atoms with E-state index in [1.54, 1.807) is 18.0 Å². The molecule has 8 heteroatoms. The topological polar surface area (TPSA) is 48.5 Å². The molecule has 1 fully saturated rings. The smallest absolute Gasteiger partial charge is 0.331 e. The van der Waals surface area contributed by atoms with Crippen LogP contribution >= 0.6 is 36.2 Å². The van der Waals surface area contributed by atoms with E-state index in [4.69, 9.17) is 11.6 Å². The zero-order valence-electron chi connectivity index (χ0n) is 16.6. The molecule has 0 spiro atoms. The Bertz CT molecular complexity index is 1060. The summed E-state index contributed by atoms with van der Waals surface area (Å²) in [5.74, 6) is 0. The van der Waals surface area contributed by atoms with Crippen molar-refractivity contribution in [3.05, 3.63) is 59.8 Å². The summed E-state index contributed by atoms with van der Waals surface area (Å²) in [6, 6.07) is 15.6. The van der Waals surface area contributed by atoms with Crippen molar-refractivity contribution in [2.75, 3.05) is 29.6 Å². The Morgan fingerprint density at radius 3 is 2.77 bits per heavy atom. The maximum absolute atomic E-state index is 12.7. The molecule has 1 saturated heterocycles. The molecule has 1 aliphatic rings. The van der Waals surface area contributed by atoms with E-state index < -0.39 is 0 Å². The van der Waals surface area contributed by atoms with Gasteiger partial charge in [-0.15, -0.1) is 11.8 Å². The van der Waals surface area contributed by atoms with E-state index in [1.165, 1.54) is 4.31 Å². The minimum atomic E-state index is -0.198. The van der Waals surface area contributed by atoms with Crippen LogP contribution in [0, 0.1) is 0 Å². The van der Waals surface area contributed by atoms with Gasteiger partial charge in [0.15, 0.2) is 0 Å². The van der Waals surface area contributed by atoms with E-state index in [0.717, 1.165) is 53.1 Å². The lowest BCUT2D eigenvalue weighted by molar-refractivity contribution is 0.223. The largest absolute Gasteiger partial charge is 0.371 e. The average molecular weight is 459 g/mol. The van der Waals surface area contributed by atoms with Gasteiger partial charge in [0.1, 0.15) is 0 Å². The Morgan fingerprint density at radius 2 is 2.00 bits per heavy atom. The molecule has 1 aliphatic heterocycles. The number of amides is 2. The molecule has 0 radical (unpaired) electrons. The number of nitrogens with zero attached hydrogens (tertiary/aromatic N) is 3. The van der Waals surface area contributed by atoms with Crippen LogP contribution in [0.15, 0.2) is 59.6 Å². The highest BCUT2D eigenvalue weighted by molar-refractivity contribution is 7.98. The number of rotatable bonds is 4. The maximum atomic E-state index is 12.7. The molecule has 0 aliphatic carbocycles. The zero-order chi connectivity index (χ0) is 21.1. The fourth-order valence-corrected chi connectivity index (χ4v) is 4.76. The standard InChI is InChI=1S/C22H23ClN4OS2/c1-30-17-5-2-4-15(14-17)25-22(28)27(29)16-9-12-26(13-10-16)20-8-11-24-21-18(20)6-3-7-19(21)23/h2-8,11,14,16,29H,9-10,12-13H2,1H3,(H,25,28). The minimum absolute atomic E-state index is 0.0741. The van der Waals surface area contributed by atoms with Gasteiger partial charge < -0.3 is 10.2 Å². The lowest BCUT2D eigenvalue weighted by Crippen LogP contribution is -2.44. The Morgan fingerprint density at radius 1 is 1.23 bits per heavy atom. The Hall–Kier alpha value is -2.09. The van der Waals surface area contributed by atoms with Crippen molar-refractivity contribution >= 4 is 64.5 Å². The second-order valence-corrected chi connectivity index (χ2v) is 8.91. The molecule has 0 bridgehead atoms. The van der Waals surface area contributed by atoms with E-state index >= 15 is 0 Å². The molecule has 156 valence electrons. The predicted octanol–water partition coefficient (Wildman–Crippen LogP) is 5.96. The summed E-state index contributed by atoms with van der Waals surface area (Å²) in [4.78, 5) is 20.5. The number of pyridine rings is 1. The normalized spacial score (nSPS) is 14.7. The Kier molecular flexibility index (Phi) is 6.61. The Labute approximate surface area is 191 Å². The van der Waals surface area contributed by atoms with Crippen LogP contribution in [0.1, 0.15) is 12.8 Å². The molecule has 5 nitrogen and oxygen atoms in total. The maximum Gasteiger partial charge on any atom is 0.331 e. The third kappa shape index (κ3) is 4.48. The number of piperidine rings is 1. The van der Waals surface area contributed by atoms with Crippen LogP contribution in [0.3, 0.4) is 0 Å². The molecular weight excluding hydrogens is 436 g/mol. The monoisotopic (exact) mass is 458 g/mol. The van der Waals surface area contributed by atoms with E-state index in [2.05, 4.69) is 34.1 Å². The zero-order valence-corrected chi connectivity index (χ0v) is 19.1. The van der Waals surface area contributed by atoms with Gasteiger partial charge in [0.25, 0.3) is 0 Å². The number of fused-ring (bicyclic) bond motifs is 1. The van der Waals surface area contributed by atoms with Crippen LogP contribution in [-0.2, 0) is 0 Å². The van der Waals surface area contributed by atoms with Crippen LogP contribution in [0.2, 0.25) is 5.02 Å². The van der Waals surface area contributed by atoms with Crippen LogP contribution in [0.5, 0.6) is 0 Å². The van der Waals surface area contributed by atoms with Crippen molar-refractivity contribution in [3.63, 3.8) is 0 Å². The van der Waals surface area contributed by atoms with Gasteiger partial charge in [-0.3, -0.25) is 9.29 Å². The highest BCUT2D eigenvalue weighted by Gasteiger charge is 2.27. The number of urea groups is 1. The number of hydrogen-bond donors (Lipinski definition) is 2. The van der Waals surface area contributed by atoms with Gasteiger partial charge in [0.05, 0.1) is 10.5 Å². The number of hydrogen-bond acceptors (Lipinski definition) is 5. The predicted molar refractivity (Wildman–Crippen MR) is 130 cm³/mol. The summed E-state index contributed by atoms with van der Waals surface area (Å²) in [5, 5.41) is 4.66. The highest BCUT2D eigenvalue weighted by Crippen LogP contribution is 2.32. The fraction of sp³-hybridized carbons (Fsp3) is 0.273. The lowest BCUT2D eigenvalue weighted by atomic mass is 10.0. The average Bonchev–Trinajstić information content (AvgIpc) is 2.79. The number of halogens is 1. The summed E-state index contributed by atoms with van der Waals surface area (Å²) in [6.07, 6.45) is 5.49. The van der Waals surface area contributed by atoms with Crippen molar-refractivity contribution in [1.82, 2.24) is 9.29 Å². The molecule has 0 atom stereocenters. The quantitative estimate of drug-likeness (QED) is 0.374. The van der Waals surface area contributed by atoms with Crippen LogP contribution in [0.4, 0.5) is 16.2 Å².